The minimum atomic E-state index is 0.271. The summed E-state index contributed by atoms with van der Waals surface area (Å²) in [5, 5.41) is 3.78. The maximum atomic E-state index is 6.00. The van der Waals surface area contributed by atoms with Crippen LogP contribution in [0.25, 0.3) is 0 Å². The first-order valence-corrected chi connectivity index (χ1v) is 8.06. The zero-order valence-electron chi connectivity index (χ0n) is 10.8. The number of hydrogen-bond donors (Lipinski definition) is 1. The van der Waals surface area contributed by atoms with Crippen LogP contribution in [0.3, 0.4) is 0 Å². The van der Waals surface area contributed by atoms with Crippen LogP contribution < -0.4 is 5.32 Å². The van der Waals surface area contributed by atoms with Gasteiger partial charge in [0.1, 0.15) is 16.8 Å². The number of rotatable bonds is 5. The van der Waals surface area contributed by atoms with Gasteiger partial charge in [-0.05, 0) is 34.5 Å². The van der Waals surface area contributed by atoms with Crippen LogP contribution in [0.15, 0.2) is 22.0 Å². The minimum Gasteiger partial charge on any atom is -0.370 e. The number of nitrogens with one attached hydrogen (secondary N) is 1. The predicted molar refractivity (Wildman–Crippen MR) is 85.3 cm³/mol. The van der Waals surface area contributed by atoms with E-state index in [4.69, 9.17) is 11.6 Å². The molecule has 3 nitrogen and oxygen atoms in total. The molecule has 0 amide bonds. The quantitative estimate of drug-likeness (QED) is 0.783. The zero-order chi connectivity index (χ0) is 13.8. The first-order valence-electron chi connectivity index (χ1n) is 6.07. The summed E-state index contributed by atoms with van der Waals surface area (Å²) < 4.78 is 1.16. The van der Waals surface area contributed by atoms with E-state index in [1.807, 2.05) is 0 Å². The smallest absolute Gasteiger partial charge is 0.135 e. The molecule has 102 valence electrons. The molecule has 0 saturated carbocycles. The fraction of sp³-hybridized carbons (Fsp3) is 0.385. The Labute approximate surface area is 130 Å². The summed E-state index contributed by atoms with van der Waals surface area (Å²) in [5.74, 6) is 1.83. The zero-order valence-corrected chi connectivity index (χ0v) is 13.9. The van der Waals surface area contributed by atoms with Gasteiger partial charge in [0.25, 0.3) is 0 Å². The molecule has 0 unspecified atom stereocenters. The fourth-order valence-corrected chi connectivity index (χ4v) is 3.26. The number of anilines is 1. The lowest BCUT2D eigenvalue weighted by Crippen LogP contribution is -2.08. The molecular formula is C13H15BrClN3S. The molecule has 19 heavy (non-hydrogen) atoms. The number of aromatic nitrogens is 2. The van der Waals surface area contributed by atoms with Crippen molar-refractivity contribution < 1.29 is 0 Å². The van der Waals surface area contributed by atoms with E-state index in [0.717, 1.165) is 28.4 Å². The van der Waals surface area contributed by atoms with E-state index >= 15 is 0 Å². The molecule has 0 radical (unpaired) electrons. The SMILES string of the molecule is CC(C)c1nc(Cl)cc(NCCc2ccc(Br)s2)n1. The van der Waals surface area contributed by atoms with Gasteiger partial charge < -0.3 is 5.32 Å². The third kappa shape index (κ3) is 4.44. The van der Waals surface area contributed by atoms with E-state index in [1.165, 1.54) is 4.88 Å². The van der Waals surface area contributed by atoms with E-state index in [9.17, 15) is 0 Å². The topological polar surface area (TPSA) is 37.8 Å². The normalized spacial score (nSPS) is 11.0. The predicted octanol–water partition coefficient (Wildman–Crippen LogP) is 4.73. The molecule has 0 saturated heterocycles. The van der Waals surface area contributed by atoms with E-state index < -0.39 is 0 Å². The monoisotopic (exact) mass is 359 g/mol. The van der Waals surface area contributed by atoms with Crippen LogP contribution in [0.1, 0.15) is 30.5 Å². The largest absolute Gasteiger partial charge is 0.370 e. The second-order valence-electron chi connectivity index (χ2n) is 4.47. The molecule has 6 heteroatoms. The van der Waals surface area contributed by atoms with Crippen LogP contribution in [0.5, 0.6) is 0 Å². The molecule has 2 aromatic heterocycles. The molecule has 0 fully saturated rings. The Bertz CT molecular complexity index is 557. The molecule has 2 heterocycles. The van der Waals surface area contributed by atoms with Crippen LogP contribution in [-0.4, -0.2) is 16.5 Å². The average Bonchev–Trinajstić information content (AvgIpc) is 2.74. The molecule has 0 aliphatic rings. The highest BCUT2D eigenvalue weighted by atomic mass is 79.9. The van der Waals surface area contributed by atoms with Gasteiger partial charge in [-0.3, -0.25) is 0 Å². The Morgan fingerprint density at radius 2 is 2.16 bits per heavy atom. The Balaban J connectivity index is 1.95. The molecule has 0 spiro atoms. The average molecular weight is 361 g/mol. The van der Waals surface area contributed by atoms with Gasteiger partial charge in [0.05, 0.1) is 3.79 Å². The van der Waals surface area contributed by atoms with Crippen molar-refractivity contribution in [2.45, 2.75) is 26.2 Å². The lowest BCUT2D eigenvalue weighted by molar-refractivity contribution is 0.774. The van der Waals surface area contributed by atoms with Crippen molar-refractivity contribution in [3.63, 3.8) is 0 Å². The van der Waals surface area contributed by atoms with Crippen LogP contribution in [-0.2, 0) is 6.42 Å². The van der Waals surface area contributed by atoms with E-state index in [0.29, 0.717) is 5.15 Å². The van der Waals surface area contributed by atoms with Crippen molar-refractivity contribution in [1.29, 1.82) is 0 Å². The molecule has 0 aliphatic carbocycles. The van der Waals surface area contributed by atoms with Gasteiger partial charge >= 0.3 is 0 Å². The Hall–Kier alpha value is -0.650. The second-order valence-corrected chi connectivity index (χ2v) is 7.41. The van der Waals surface area contributed by atoms with Gasteiger partial charge in [0, 0.05) is 23.4 Å². The molecule has 2 rings (SSSR count). The third-order valence-corrected chi connectivity index (χ3v) is 4.41. The number of halogens is 2. The molecule has 0 aliphatic heterocycles. The van der Waals surface area contributed by atoms with Crippen LogP contribution in [0, 0.1) is 0 Å². The summed E-state index contributed by atoms with van der Waals surface area (Å²) in [4.78, 5) is 10.0. The molecule has 0 aromatic carbocycles. The van der Waals surface area contributed by atoms with Crippen molar-refractivity contribution >= 4 is 44.7 Å². The summed E-state index contributed by atoms with van der Waals surface area (Å²) in [7, 11) is 0. The summed E-state index contributed by atoms with van der Waals surface area (Å²) >= 11 is 11.2. The van der Waals surface area contributed by atoms with Crippen LogP contribution in [0.2, 0.25) is 5.15 Å². The van der Waals surface area contributed by atoms with Gasteiger partial charge in [-0.25, -0.2) is 9.97 Å². The third-order valence-electron chi connectivity index (χ3n) is 2.53. The molecule has 0 atom stereocenters. The highest BCUT2D eigenvalue weighted by Gasteiger charge is 2.07. The standard InChI is InChI=1S/C13H15BrClN3S/c1-8(2)13-17-11(15)7-12(18-13)16-6-5-9-3-4-10(14)19-9/h3-4,7-8H,5-6H2,1-2H3,(H,16,17,18). The Morgan fingerprint density at radius 3 is 2.79 bits per heavy atom. The fourth-order valence-electron chi connectivity index (χ4n) is 1.58. The maximum absolute atomic E-state index is 6.00. The second kappa shape index (κ2) is 6.68. The maximum Gasteiger partial charge on any atom is 0.135 e. The molecule has 2 aromatic rings. The van der Waals surface area contributed by atoms with Crippen molar-refractivity contribution in [3.8, 4) is 0 Å². The molecule has 0 bridgehead atoms. The summed E-state index contributed by atoms with van der Waals surface area (Å²) in [6, 6.07) is 5.96. The number of thiophene rings is 1. The lowest BCUT2D eigenvalue weighted by Gasteiger charge is -2.09. The van der Waals surface area contributed by atoms with Crippen molar-refractivity contribution in [3.05, 3.63) is 37.8 Å². The van der Waals surface area contributed by atoms with Gasteiger partial charge in [0.2, 0.25) is 0 Å². The van der Waals surface area contributed by atoms with E-state index in [1.54, 1.807) is 17.4 Å². The van der Waals surface area contributed by atoms with Gasteiger partial charge in [-0.2, -0.15) is 0 Å². The summed E-state index contributed by atoms with van der Waals surface area (Å²) in [6.45, 7) is 4.94. The Morgan fingerprint density at radius 1 is 1.37 bits per heavy atom. The summed E-state index contributed by atoms with van der Waals surface area (Å²) in [5.41, 5.74) is 0. The lowest BCUT2D eigenvalue weighted by atomic mass is 10.2. The van der Waals surface area contributed by atoms with E-state index in [-0.39, 0.29) is 5.92 Å². The van der Waals surface area contributed by atoms with Crippen LogP contribution in [0.4, 0.5) is 5.82 Å². The number of hydrogen-bond acceptors (Lipinski definition) is 4. The van der Waals surface area contributed by atoms with Gasteiger partial charge in [0.15, 0.2) is 0 Å². The van der Waals surface area contributed by atoms with Crippen molar-refractivity contribution in [1.82, 2.24) is 9.97 Å². The first kappa shape index (κ1) is 14.8. The van der Waals surface area contributed by atoms with Gasteiger partial charge in [-0.1, -0.05) is 25.4 Å². The van der Waals surface area contributed by atoms with E-state index in [2.05, 4.69) is 57.2 Å². The minimum absolute atomic E-state index is 0.271. The highest BCUT2D eigenvalue weighted by molar-refractivity contribution is 9.11. The summed E-state index contributed by atoms with van der Waals surface area (Å²) in [6.07, 6.45) is 0.967. The van der Waals surface area contributed by atoms with Crippen LogP contribution >= 0.6 is 38.9 Å². The van der Waals surface area contributed by atoms with Gasteiger partial charge in [-0.15, -0.1) is 11.3 Å². The molecule has 1 N–H and O–H groups in total. The molecular weight excluding hydrogens is 346 g/mol. The van der Waals surface area contributed by atoms with Crippen molar-refractivity contribution in [2.75, 3.05) is 11.9 Å². The Kier molecular flexibility index (Phi) is 5.19. The highest BCUT2D eigenvalue weighted by Crippen LogP contribution is 2.22. The van der Waals surface area contributed by atoms with Crippen molar-refractivity contribution in [2.24, 2.45) is 0 Å². The number of nitrogens with zero attached hydrogens (tertiary/aromatic N) is 2. The first-order chi connectivity index (χ1) is 9.04.